The lowest BCUT2D eigenvalue weighted by Crippen LogP contribution is -2.36. The van der Waals surface area contributed by atoms with Crippen LogP contribution in [0.25, 0.3) is 0 Å². The average Bonchev–Trinajstić information content (AvgIpc) is 2.91. The normalized spacial score (nSPS) is 17.5. The molecule has 1 fully saturated rings. The molecule has 1 aromatic rings. The van der Waals surface area contributed by atoms with Crippen LogP contribution >= 0.6 is 27.5 Å². The Balaban J connectivity index is 1.99. The molecule has 0 aliphatic heterocycles. The maximum atomic E-state index is 11.0. The number of halogens is 2. The van der Waals surface area contributed by atoms with Crippen LogP contribution in [0.4, 0.5) is 0 Å². The first kappa shape index (κ1) is 11.0. The van der Waals surface area contributed by atoms with Crippen molar-refractivity contribution >= 4 is 33.4 Å². The average molecular weight is 293 g/mol. The van der Waals surface area contributed by atoms with Gasteiger partial charge in [0.25, 0.3) is 0 Å². The van der Waals surface area contributed by atoms with E-state index in [2.05, 4.69) is 26.3 Å². The molecule has 0 atom stereocenters. The van der Waals surface area contributed by atoms with Gasteiger partial charge in [0, 0.05) is 12.7 Å². The molecule has 4 nitrogen and oxygen atoms in total. The van der Waals surface area contributed by atoms with E-state index in [9.17, 15) is 4.79 Å². The zero-order chi connectivity index (χ0) is 10.9. The highest BCUT2D eigenvalue weighted by Gasteiger charge is 2.45. The third kappa shape index (κ3) is 2.34. The number of amides is 1. The molecule has 1 aliphatic carbocycles. The molecule has 0 radical (unpaired) electrons. The van der Waals surface area contributed by atoms with Gasteiger partial charge < -0.3 is 5.32 Å². The molecule has 0 saturated heterocycles. The Morgan fingerprint density at radius 2 is 2.47 bits per heavy atom. The molecule has 0 spiro atoms. The number of nitrogens with one attached hydrogen (secondary N) is 1. The van der Waals surface area contributed by atoms with E-state index in [1.165, 1.54) is 0 Å². The fraction of sp³-hybridized carbons (Fsp3) is 0.556. The molecule has 1 saturated carbocycles. The topological polar surface area (TPSA) is 46.9 Å². The Bertz CT molecular complexity index is 375. The van der Waals surface area contributed by atoms with Crippen molar-refractivity contribution in [1.82, 2.24) is 15.1 Å². The van der Waals surface area contributed by atoms with Crippen LogP contribution in [0.15, 0.2) is 16.9 Å². The molecular weight excluding hydrogens is 281 g/mol. The summed E-state index contributed by atoms with van der Waals surface area (Å²) in [6, 6.07) is 0. The van der Waals surface area contributed by atoms with Gasteiger partial charge in [-0.25, -0.2) is 0 Å². The first-order chi connectivity index (χ1) is 7.16. The van der Waals surface area contributed by atoms with E-state index in [-0.39, 0.29) is 17.3 Å². The minimum atomic E-state index is -0.130. The van der Waals surface area contributed by atoms with Gasteiger partial charge in [0.2, 0.25) is 5.91 Å². The first-order valence-electron chi connectivity index (χ1n) is 4.70. The number of alkyl halides is 1. The van der Waals surface area contributed by atoms with Crippen LogP contribution in [0.3, 0.4) is 0 Å². The standard InChI is InChI=1S/C9H11BrClN3O/c10-7-4-13-14(5-7)9(1-2-9)6-12-8(15)3-11/h4-5H,1-3,6H2,(H,12,15). The zero-order valence-corrected chi connectivity index (χ0v) is 10.4. The van der Waals surface area contributed by atoms with Crippen molar-refractivity contribution in [2.24, 2.45) is 0 Å². The monoisotopic (exact) mass is 291 g/mol. The van der Waals surface area contributed by atoms with Crippen LogP contribution < -0.4 is 5.32 Å². The summed E-state index contributed by atoms with van der Waals surface area (Å²) in [5.74, 6) is -0.118. The number of nitrogens with zero attached hydrogens (tertiary/aromatic N) is 2. The van der Waals surface area contributed by atoms with Gasteiger partial charge in [-0.05, 0) is 28.8 Å². The summed E-state index contributed by atoms with van der Waals surface area (Å²) >= 11 is 8.76. The smallest absolute Gasteiger partial charge is 0.235 e. The number of carbonyl (C=O) groups is 1. The lowest BCUT2D eigenvalue weighted by molar-refractivity contribution is -0.118. The van der Waals surface area contributed by atoms with E-state index >= 15 is 0 Å². The lowest BCUT2D eigenvalue weighted by atomic mass is 10.3. The predicted molar refractivity (Wildman–Crippen MR) is 60.9 cm³/mol. The van der Waals surface area contributed by atoms with Crippen molar-refractivity contribution in [2.45, 2.75) is 18.4 Å². The van der Waals surface area contributed by atoms with E-state index in [0.717, 1.165) is 17.3 Å². The van der Waals surface area contributed by atoms with Crippen LogP contribution in [0.5, 0.6) is 0 Å². The molecule has 15 heavy (non-hydrogen) atoms. The highest BCUT2D eigenvalue weighted by molar-refractivity contribution is 9.10. The van der Waals surface area contributed by atoms with Crippen molar-refractivity contribution in [2.75, 3.05) is 12.4 Å². The summed E-state index contributed by atoms with van der Waals surface area (Å²) in [6.45, 7) is 0.604. The number of hydrogen-bond acceptors (Lipinski definition) is 2. The zero-order valence-electron chi connectivity index (χ0n) is 8.04. The van der Waals surface area contributed by atoms with Crippen molar-refractivity contribution in [3.63, 3.8) is 0 Å². The largest absolute Gasteiger partial charge is 0.353 e. The van der Waals surface area contributed by atoms with Gasteiger partial charge in [0.1, 0.15) is 5.88 Å². The molecule has 6 heteroatoms. The summed E-state index contributed by atoms with van der Waals surface area (Å²) in [5.41, 5.74) is -0.0201. The SMILES string of the molecule is O=C(CCl)NCC1(n2cc(Br)cn2)CC1. The molecule has 2 rings (SSSR count). The van der Waals surface area contributed by atoms with Gasteiger partial charge in [-0.2, -0.15) is 5.10 Å². The van der Waals surface area contributed by atoms with Crippen molar-refractivity contribution in [1.29, 1.82) is 0 Å². The maximum Gasteiger partial charge on any atom is 0.235 e. The summed E-state index contributed by atoms with van der Waals surface area (Å²) in [6.07, 6.45) is 5.77. The number of aromatic nitrogens is 2. The molecular formula is C9H11BrClN3O. The Hall–Kier alpha value is -0.550. The van der Waals surface area contributed by atoms with Crippen LogP contribution in [0.1, 0.15) is 12.8 Å². The molecule has 1 heterocycles. The second-order valence-electron chi connectivity index (χ2n) is 3.74. The predicted octanol–water partition coefficient (Wildman–Crippen LogP) is 1.49. The Morgan fingerprint density at radius 3 is 2.93 bits per heavy atom. The van der Waals surface area contributed by atoms with Gasteiger partial charge in [-0.1, -0.05) is 0 Å². The Labute approximate surface area is 101 Å². The first-order valence-corrected chi connectivity index (χ1v) is 6.02. The van der Waals surface area contributed by atoms with Crippen molar-refractivity contribution < 1.29 is 4.79 Å². The third-order valence-corrected chi connectivity index (χ3v) is 3.25. The van der Waals surface area contributed by atoms with E-state index in [4.69, 9.17) is 11.6 Å². The van der Waals surface area contributed by atoms with Crippen molar-refractivity contribution in [3.05, 3.63) is 16.9 Å². The Morgan fingerprint density at radius 1 is 1.73 bits per heavy atom. The number of carbonyl (C=O) groups excluding carboxylic acids is 1. The van der Waals surface area contributed by atoms with E-state index in [1.54, 1.807) is 6.20 Å². The molecule has 0 bridgehead atoms. The van der Waals surface area contributed by atoms with Gasteiger partial charge in [0.15, 0.2) is 0 Å². The second kappa shape index (κ2) is 4.14. The molecule has 1 aliphatic rings. The molecule has 1 aromatic heterocycles. The number of rotatable bonds is 4. The summed E-state index contributed by atoms with van der Waals surface area (Å²) < 4.78 is 2.86. The second-order valence-corrected chi connectivity index (χ2v) is 4.92. The van der Waals surface area contributed by atoms with E-state index < -0.39 is 0 Å². The quantitative estimate of drug-likeness (QED) is 0.855. The fourth-order valence-electron chi connectivity index (χ4n) is 1.50. The van der Waals surface area contributed by atoms with Crippen molar-refractivity contribution in [3.8, 4) is 0 Å². The fourth-order valence-corrected chi connectivity index (χ4v) is 1.88. The minimum absolute atomic E-state index is 0.0128. The van der Waals surface area contributed by atoms with E-state index in [1.807, 2.05) is 10.9 Å². The summed E-state index contributed by atoms with van der Waals surface area (Å²) in [5, 5.41) is 7.04. The van der Waals surface area contributed by atoms with Gasteiger partial charge in [0.05, 0.1) is 16.2 Å². The molecule has 1 N–H and O–H groups in total. The molecule has 0 unspecified atom stereocenters. The summed E-state index contributed by atoms with van der Waals surface area (Å²) in [4.78, 5) is 11.0. The highest BCUT2D eigenvalue weighted by Crippen LogP contribution is 2.42. The van der Waals surface area contributed by atoms with Crippen LogP contribution in [0, 0.1) is 0 Å². The Kier molecular flexibility index (Phi) is 3.02. The van der Waals surface area contributed by atoms with E-state index in [0.29, 0.717) is 6.54 Å². The van der Waals surface area contributed by atoms with Crippen LogP contribution in [0.2, 0.25) is 0 Å². The van der Waals surface area contributed by atoms with Gasteiger partial charge in [-0.3, -0.25) is 9.48 Å². The number of hydrogen-bond donors (Lipinski definition) is 1. The molecule has 1 amide bonds. The summed E-state index contributed by atoms with van der Waals surface area (Å²) in [7, 11) is 0. The van der Waals surface area contributed by atoms with Gasteiger partial charge >= 0.3 is 0 Å². The molecule has 82 valence electrons. The lowest BCUT2D eigenvalue weighted by Gasteiger charge is -2.16. The maximum absolute atomic E-state index is 11.0. The van der Waals surface area contributed by atoms with Crippen LogP contribution in [-0.4, -0.2) is 28.1 Å². The van der Waals surface area contributed by atoms with Crippen LogP contribution in [-0.2, 0) is 10.3 Å². The van der Waals surface area contributed by atoms with Gasteiger partial charge in [-0.15, -0.1) is 11.6 Å². The minimum Gasteiger partial charge on any atom is -0.353 e. The molecule has 0 aromatic carbocycles. The third-order valence-electron chi connectivity index (χ3n) is 2.60. The highest BCUT2D eigenvalue weighted by atomic mass is 79.9.